The number of benzene rings is 1. The van der Waals surface area contributed by atoms with Crippen molar-refractivity contribution in [1.82, 2.24) is 5.32 Å². The molecule has 1 saturated heterocycles. The van der Waals surface area contributed by atoms with Gasteiger partial charge in [0.15, 0.2) is 0 Å². The van der Waals surface area contributed by atoms with Crippen molar-refractivity contribution in [1.29, 1.82) is 0 Å². The summed E-state index contributed by atoms with van der Waals surface area (Å²) in [5.74, 6) is 1.51. The van der Waals surface area contributed by atoms with Gasteiger partial charge in [0.2, 0.25) is 5.91 Å². The first-order valence-electron chi connectivity index (χ1n) is 7.89. The molecule has 21 heavy (non-hydrogen) atoms. The summed E-state index contributed by atoms with van der Waals surface area (Å²) in [6.07, 6.45) is 3.82. The van der Waals surface area contributed by atoms with Crippen molar-refractivity contribution >= 4 is 11.6 Å². The van der Waals surface area contributed by atoms with Gasteiger partial charge in [-0.05, 0) is 43.9 Å². The molecule has 0 saturated carbocycles. The molecular formula is C17H26N2O2. The summed E-state index contributed by atoms with van der Waals surface area (Å²) in [5.41, 5.74) is 0.806. The van der Waals surface area contributed by atoms with Crippen molar-refractivity contribution in [3.05, 3.63) is 24.3 Å². The number of rotatable bonds is 7. The minimum absolute atomic E-state index is 0.0636. The van der Waals surface area contributed by atoms with Crippen molar-refractivity contribution in [2.45, 2.75) is 45.6 Å². The van der Waals surface area contributed by atoms with Crippen molar-refractivity contribution in [2.75, 3.05) is 18.5 Å². The molecule has 1 fully saturated rings. The van der Waals surface area contributed by atoms with E-state index in [0.717, 1.165) is 37.2 Å². The zero-order chi connectivity index (χ0) is 15.1. The van der Waals surface area contributed by atoms with Gasteiger partial charge >= 0.3 is 0 Å². The minimum atomic E-state index is 0.0636. The molecule has 1 atom stereocenters. The zero-order valence-electron chi connectivity index (χ0n) is 13.0. The van der Waals surface area contributed by atoms with Gasteiger partial charge < -0.3 is 15.4 Å². The highest BCUT2D eigenvalue weighted by molar-refractivity contribution is 5.91. The molecule has 0 aliphatic carbocycles. The van der Waals surface area contributed by atoms with Crippen LogP contribution in [0, 0.1) is 5.92 Å². The van der Waals surface area contributed by atoms with Gasteiger partial charge in [-0.25, -0.2) is 0 Å². The fraction of sp³-hybridized carbons (Fsp3) is 0.588. The first-order chi connectivity index (χ1) is 10.1. The van der Waals surface area contributed by atoms with Gasteiger partial charge in [-0.1, -0.05) is 19.9 Å². The second kappa shape index (κ2) is 8.03. The maximum absolute atomic E-state index is 12.0. The zero-order valence-corrected chi connectivity index (χ0v) is 13.0. The van der Waals surface area contributed by atoms with Crippen molar-refractivity contribution in [3.63, 3.8) is 0 Å². The van der Waals surface area contributed by atoms with Gasteiger partial charge in [0.25, 0.3) is 0 Å². The van der Waals surface area contributed by atoms with Crippen LogP contribution in [-0.4, -0.2) is 25.1 Å². The Labute approximate surface area is 127 Å². The topological polar surface area (TPSA) is 50.4 Å². The molecule has 0 spiro atoms. The smallest absolute Gasteiger partial charge is 0.225 e. The number of carbonyl (C=O) groups is 1. The van der Waals surface area contributed by atoms with E-state index in [9.17, 15) is 4.79 Å². The van der Waals surface area contributed by atoms with E-state index < -0.39 is 0 Å². The Kier molecular flexibility index (Phi) is 6.05. The van der Waals surface area contributed by atoms with Gasteiger partial charge in [-0.3, -0.25) is 4.79 Å². The Morgan fingerprint density at radius 1 is 1.48 bits per heavy atom. The number of amides is 1. The van der Waals surface area contributed by atoms with Crippen molar-refractivity contribution in [2.24, 2.45) is 5.92 Å². The number of anilines is 1. The molecular weight excluding hydrogens is 264 g/mol. The summed E-state index contributed by atoms with van der Waals surface area (Å²) in [7, 11) is 0. The van der Waals surface area contributed by atoms with Crippen LogP contribution in [0.25, 0.3) is 0 Å². The maximum atomic E-state index is 12.0. The molecule has 1 amide bonds. The van der Waals surface area contributed by atoms with Crippen LogP contribution in [-0.2, 0) is 4.79 Å². The standard InChI is InChI=1S/C17H26N2O2/c1-13(2)8-10-21-16-7-3-5-15(11-16)19-17(20)12-14-6-4-9-18-14/h3,5,7,11,13-14,18H,4,6,8-10,12H2,1-2H3,(H,19,20). The van der Waals surface area contributed by atoms with Crippen molar-refractivity contribution < 1.29 is 9.53 Å². The minimum Gasteiger partial charge on any atom is -0.494 e. The highest BCUT2D eigenvalue weighted by atomic mass is 16.5. The summed E-state index contributed by atoms with van der Waals surface area (Å²) in [6.45, 7) is 6.09. The number of nitrogens with one attached hydrogen (secondary N) is 2. The summed E-state index contributed by atoms with van der Waals surface area (Å²) in [6, 6.07) is 7.95. The Hall–Kier alpha value is -1.55. The van der Waals surface area contributed by atoms with E-state index in [2.05, 4.69) is 24.5 Å². The van der Waals surface area contributed by atoms with Crippen LogP contribution < -0.4 is 15.4 Å². The van der Waals surface area contributed by atoms with E-state index >= 15 is 0 Å². The van der Waals surface area contributed by atoms with Gasteiger partial charge in [-0.2, -0.15) is 0 Å². The second-order valence-corrected chi connectivity index (χ2v) is 6.10. The van der Waals surface area contributed by atoms with E-state index in [-0.39, 0.29) is 5.91 Å². The first kappa shape index (κ1) is 15.8. The fourth-order valence-electron chi connectivity index (χ4n) is 2.44. The third kappa shape index (κ3) is 5.76. The summed E-state index contributed by atoms with van der Waals surface area (Å²) in [5, 5.41) is 6.29. The average Bonchev–Trinajstić information content (AvgIpc) is 2.91. The number of carbonyl (C=O) groups excluding carboxylic acids is 1. The monoisotopic (exact) mass is 290 g/mol. The molecule has 0 aromatic heterocycles. The van der Waals surface area contributed by atoms with E-state index in [4.69, 9.17) is 4.74 Å². The number of ether oxygens (including phenoxy) is 1. The molecule has 2 N–H and O–H groups in total. The molecule has 116 valence electrons. The predicted molar refractivity (Wildman–Crippen MR) is 85.7 cm³/mol. The Morgan fingerprint density at radius 3 is 3.05 bits per heavy atom. The van der Waals surface area contributed by atoms with Crippen LogP contribution in [0.3, 0.4) is 0 Å². The molecule has 1 unspecified atom stereocenters. The van der Waals surface area contributed by atoms with Crippen LogP contribution in [0.4, 0.5) is 5.69 Å². The lowest BCUT2D eigenvalue weighted by molar-refractivity contribution is -0.116. The van der Waals surface area contributed by atoms with Gasteiger partial charge in [0.05, 0.1) is 6.61 Å². The van der Waals surface area contributed by atoms with E-state index in [1.54, 1.807) is 0 Å². The average molecular weight is 290 g/mol. The fourth-order valence-corrected chi connectivity index (χ4v) is 2.44. The third-order valence-electron chi connectivity index (χ3n) is 3.68. The van der Waals surface area contributed by atoms with Gasteiger partial charge in [-0.15, -0.1) is 0 Å². The molecule has 1 heterocycles. The molecule has 2 rings (SSSR count). The predicted octanol–water partition coefficient (Wildman–Crippen LogP) is 3.19. The SMILES string of the molecule is CC(C)CCOc1cccc(NC(=O)CC2CCCN2)c1. The lowest BCUT2D eigenvalue weighted by atomic mass is 10.1. The van der Waals surface area contributed by atoms with Gasteiger partial charge in [0.1, 0.15) is 5.75 Å². The van der Waals surface area contributed by atoms with Crippen LogP contribution >= 0.6 is 0 Å². The second-order valence-electron chi connectivity index (χ2n) is 6.10. The van der Waals surface area contributed by atoms with E-state index in [1.807, 2.05) is 24.3 Å². The summed E-state index contributed by atoms with van der Waals surface area (Å²) in [4.78, 5) is 12.0. The third-order valence-corrected chi connectivity index (χ3v) is 3.68. The van der Waals surface area contributed by atoms with E-state index in [1.165, 1.54) is 0 Å². The molecule has 4 nitrogen and oxygen atoms in total. The summed E-state index contributed by atoms with van der Waals surface area (Å²) < 4.78 is 5.71. The Bertz CT molecular complexity index is 454. The van der Waals surface area contributed by atoms with Crippen LogP contribution in [0.1, 0.15) is 39.5 Å². The molecule has 4 heteroatoms. The maximum Gasteiger partial charge on any atom is 0.225 e. The molecule has 1 aromatic rings. The summed E-state index contributed by atoms with van der Waals surface area (Å²) >= 11 is 0. The van der Waals surface area contributed by atoms with Gasteiger partial charge in [0, 0.05) is 24.2 Å². The Balaban J connectivity index is 1.80. The van der Waals surface area contributed by atoms with E-state index in [0.29, 0.717) is 25.0 Å². The van der Waals surface area contributed by atoms with Crippen LogP contribution in [0.2, 0.25) is 0 Å². The Morgan fingerprint density at radius 2 is 2.33 bits per heavy atom. The molecule has 1 aliphatic heterocycles. The molecule has 1 aromatic carbocycles. The highest BCUT2D eigenvalue weighted by Gasteiger charge is 2.17. The normalized spacial score (nSPS) is 18.0. The highest BCUT2D eigenvalue weighted by Crippen LogP contribution is 2.19. The molecule has 1 aliphatic rings. The number of hydrogen-bond donors (Lipinski definition) is 2. The lowest BCUT2D eigenvalue weighted by Crippen LogP contribution is -2.27. The number of hydrogen-bond acceptors (Lipinski definition) is 3. The quantitative estimate of drug-likeness (QED) is 0.811. The molecule has 0 radical (unpaired) electrons. The van der Waals surface area contributed by atoms with Crippen LogP contribution in [0.15, 0.2) is 24.3 Å². The first-order valence-corrected chi connectivity index (χ1v) is 7.89. The largest absolute Gasteiger partial charge is 0.494 e. The lowest BCUT2D eigenvalue weighted by Gasteiger charge is -2.12. The van der Waals surface area contributed by atoms with Crippen molar-refractivity contribution in [3.8, 4) is 5.75 Å². The van der Waals surface area contributed by atoms with Crippen LogP contribution in [0.5, 0.6) is 5.75 Å². The molecule has 0 bridgehead atoms.